The molecular weight excluding hydrogens is 274 g/mol. The first-order valence-corrected chi connectivity index (χ1v) is 7.85. The fourth-order valence-corrected chi connectivity index (χ4v) is 3.54. The van der Waals surface area contributed by atoms with Crippen LogP contribution in [-0.2, 0) is 22.5 Å². The van der Waals surface area contributed by atoms with E-state index < -0.39 is 0 Å². The van der Waals surface area contributed by atoms with Crippen LogP contribution in [-0.4, -0.2) is 39.3 Å². The molecule has 0 saturated carbocycles. The van der Waals surface area contributed by atoms with Crippen molar-refractivity contribution in [1.29, 1.82) is 0 Å². The van der Waals surface area contributed by atoms with Gasteiger partial charge in [0.2, 0.25) is 5.91 Å². The molecule has 0 aromatic carbocycles. The van der Waals surface area contributed by atoms with E-state index >= 15 is 0 Å². The topological polar surface area (TPSA) is 62.4 Å². The summed E-state index contributed by atoms with van der Waals surface area (Å²) in [5, 5.41) is 10.6. The molecule has 3 N–H and O–H groups in total. The van der Waals surface area contributed by atoms with E-state index in [1.165, 1.54) is 16.0 Å². The number of nitrogens with one attached hydrogen (secondary N) is 3. The number of amides is 1. The van der Waals surface area contributed by atoms with Crippen LogP contribution in [0.25, 0.3) is 0 Å². The molecule has 1 amide bonds. The molecule has 0 atom stereocenters. The average Bonchev–Trinajstić information content (AvgIpc) is 2.76. The molecule has 6 heteroatoms. The largest absolute Gasteiger partial charge is 0.383 e. The molecule has 2 heterocycles. The first kappa shape index (κ1) is 15.4. The first-order chi connectivity index (χ1) is 9.72. The molecule has 0 fully saturated rings. The molecular formula is C14H23N3O2S. The Balaban J connectivity index is 1.81. The minimum Gasteiger partial charge on any atom is -0.383 e. The van der Waals surface area contributed by atoms with E-state index in [2.05, 4.69) is 22.9 Å². The van der Waals surface area contributed by atoms with Gasteiger partial charge in [0.1, 0.15) is 0 Å². The van der Waals surface area contributed by atoms with Gasteiger partial charge in [0, 0.05) is 38.0 Å². The predicted octanol–water partition coefficient (Wildman–Crippen LogP) is 1.27. The number of thiophene rings is 1. The van der Waals surface area contributed by atoms with Crippen LogP contribution in [0.1, 0.15) is 22.4 Å². The molecule has 20 heavy (non-hydrogen) atoms. The number of anilines is 1. The second-order valence-corrected chi connectivity index (χ2v) is 6.03. The van der Waals surface area contributed by atoms with Crippen molar-refractivity contribution in [1.82, 2.24) is 10.6 Å². The van der Waals surface area contributed by atoms with Gasteiger partial charge in [-0.25, -0.2) is 0 Å². The summed E-state index contributed by atoms with van der Waals surface area (Å²) in [7, 11) is 1.67. The van der Waals surface area contributed by atoms with Gasteiger partial charge in [0.25, 0.3) is 0 Å². The van der Waals surface area contributed by atoms with Crippen LogP contribution in [0.2, 0.25) is 0 Å². The van der Waals surface area contributed by atoms with E-state index in [4.69, 9.17) is 4.74 Å². The molecule has 0 spiro atoms. The molecule has 2 rings (SSSR count). The highest BCUT2D eigenvalue weighted by Crippen LogP contribution is 2.34. The van der Waals surface area contributed by atoms with Crippen molar-refractivity contribution in [2.75, 3.05) is 38.7 Å². The van der Waals surface area contributed by atoms with Gasteiger partial charge in [0.05, 0.1) is 11.6 Å². The van der Waals surface area contributed by atoms with Crippen molar-refractivity contribution in [3.05, 3.63) is 16.0 Å². The Kier molecular flexibility index (Phi) is 5.97. The van der Waals surface area contributed by atoms with Gasteiger partial charge in [-0.05, 0) is 31.0 Å². The van der Waals surface area contributed by atoms with Gasteiger partial charge in [-0.2, -0.15) is 0 Å². The maximum Gasteiger partial charge on any atom is 0.226 e. The van der Waals surface area contributed by atoms with E-state index in [1.54, 1.807) is 18.4 Å². The number of hydrogen-bond donors (Lipinski definition) is 3. The lowest BCUT2D eigenvalue weighted by atomic mass is 10.1. The molecule has 0 radical (unpaired) electrons. The Labute approximate surface area is 124 Å². The highest BCUT2D eigenvalue weighted by molar-refractivity contribution is 7.16. The summed E-state index contributed by atoms with van der Waals surface area (Å²) in [6.45, 7) is 6.19. The Bertz CT molecular complexity index is 460. The van der Waals surface area contributed by atoms with Crippen LogP contribution >= 0.6 is 11.3 Å². The van der Waals surface area contributed by atoms with E-state index in [9.17, 15) is 4.79 Å². The van der Waals surface area contributed by atoms with Gasteiger partial charge >= 0.3 is 0 Å². The zero-order valence-electron chi connectivity index (χ0n) is 12.2. The monoisotopic (exact) mass is 297 g/mol. The predicted molar refractivity (Wildman–Crippen MR) is 82.5 cm³/mol. The number of methoxy groups -OCH3 is 1. The molecule has 5 nitrogen and oxygen atoms in total. The van der Waals surface area contributed by atoms with Crippen molar-refractivity contribution in [2.24, 2.45) is 0 Å². The Morgan fingerprint density at radius 1 is 1.45 bits per heavy atom. The SMILES string of the molecule is COCCNCCC(=O)Nc1sc2c(c1C)CCNC2. The van der Waals surface area contributed by atoms with Crippen LogP contribution in [0.3, 0.4) is 0 Å². The molecule has 0 unspecified atom stereocenters. The summed E-state index contributed by atoms with van der Waals surface area (Å²) in [5.41, 5.74) is 2.66. The second-order valence-electron chi connectivity index (χ2n) is 4.93. The zero-order chi connectivity index (χ0) is 14.4. The third-order valence-electron chi connectivity index (χ3n) is 3.46. The minimum absolute atomic E-state index is 0.0737. The molecule has 0 saturated heterocycles. The van der Waals surface area contributed by atoms with E-state index in [0.29, 0.717) is 19.6 Å². The summed E-state index contributed by atoms with van der Waals surface area (Å²) in [6.07, 6.45) is 1.55. The van der Waals surface area contributed by atoms with Gasteiger partial charge in [-0.3, -0.25) is 4.79 Å². The normalized spacial score (nSPS) is 14.1. The molecule has 1 aliphatic heterocycles. The second kappa shape index (κ2) is 7.73. The van der Waals surface area contributed by atoms with Gasteiger partial charge < -0.3 is 20.7 Å². The third-order valence-corrected chi connectivity index (χ3v) is 4.71. The minimum atomic E-state index is 0.0737. The highest BCUT2D eigenvalue weighted by atomic mass is 32.1. The Morgan fingerprint density at radius 2 is 2.30 bits per heavy atom. The van der Waals surface area contributed by atoms with Crippen molar-refractivity contribution in [2.45, 2.75) is 26.3 Å². The van der Waals surface area contributed by atoms with E-state index in [1.807, 2.05) is 0 Å². The zero-order valence-corrected chi connectivity index (χ0v) is 13.0. The lowest BCUT2D eigenvalue weighted by Gasteiger charge is -2.12. The summed E-state index contributed by atoms with van der Waals surface area (Å²) < 4.78 is 4.94. The Hall–Kier alpha value is -0.950. The fourth-order valence-electron chi connectivity index (χ4n) is 2.30. The molecule has 1 aromatic rings. The highest BCUT2D eigenvalue weighted by Gasteiger charge is 2.18. The van der Waals surface area contributed by atoms with Crippen LogP contribution in [0, 0.1) is 6.92 Å². The number of ether oxygens (including phenoxy) is 1. The van der Waals surface area contributed by atoms with Crippen molar-refractivity contribution in [3.63, 3.8) is 0 Å². The van der Waals surface area contributed by atoms with E-state index in [0.717, 1.165) is 31.1 Å². The fraction of sp³-hybridized carbons (Fsp3) is 0.643. The van der Waals surface area contributed by atoms with Crippen LogP contribution in [0.5, 0.6) is 0 Å². The van der Waals surface area contributed by atoms with E-state index in [-0.39, 0.29) is 5.91 Å². The summed E-state index contributed by atoms with van der Waals surface area (Å²) >= 11 is 1.70. The van der Waals surface area contributed by atoms with Gasteiger partial charge in [-0.1, -0.05) is 0 Å². The lowest BCUT2D eigenvalue weighted by Crippen LogP contribution is -2.24. The van der Waals surface area contributed by atoms with Crippen molar-refractivity contribution < 1.29 is 9.53 Å². The molecule has 1 aliphatic rings. The molecule has 0 bridgehead atoms. The molecule has 1 aromatic heterocycles. The number of rotatable bonds is 7. The number of hydrogen-bond acceptors (Lipinski definition) is 5. The number of fused-ring (bicyclic) bond motifs is 1. The summed E-state index contributed by atoms with van der Waals surface area (Å²) in [6, 6.07) is 0. The molecule has 112 valence electrons. The van der Waals surface area contributed by atoms with Crippen molar-refractivity contribution in [3.8, 4) is 0 Å². The van der Waals surface area contributed by atoms with Crippen molar-refractivity contribution >= 4 is 22.2 Å². The first-order valence-electron chi connectivity index (χ1n) is 7.03. The van der Waals surface area contributed by atoms with Gasteiger partial charge in [0.15, 0.2) is 0 Å². The standard InChI is InChI=1S/C14H23N3O2S/c1-10-11-3-5-16-9-12(11)20-14(10)17-13(18)4-6-15-7-8-19-2/h15-16H,3-9H2,1-2H3,(H,17,18). The van der Waals surface area contributed by atoms with Crippen LogP contribution < -0.4 is 16.0 Å². The molecule has 0 aliphatic carbocycles. The number of carbonyl (C=O) groups excluding carboxylic acids is 1. The summed E-state index contributed by atoms with van der Waals surface area (Å²) in [5.74, 6) is 0.0737. The average molecular weight is 297 g/mol. The smallest absolute Gasteiger partial charge is 0.226 e. The summed E-state index contributed by atoms with van der Waals surface area (Å²) in [4.78, 5) is 13.3. The van der Waals surface area contributed by atoms with Gasteiger partial charge in [-0.15, -0.1) is 11.3 Å². The van der Waals surface area contributed by atoms with Crippen LogP contribution in [0.15, 0.2) is 0 Å². The lowest BCUT2D eigenvalue weighted by molar-refractivity contribution is -0.116. The quantitative estimate of drug-likeness (QED) is 0.663. The Morgan fingerprint density at radius 3 is 3.05 bits per heavy atom. The number of carbonyl (C=O) groups is 1. The maximum atomic E-state index is 11.9. The van der Waals surface area contributed by atoms with Crippen LogP contribution in [0.4, 0.5) is 5.00 Å². The maximum absolute atomic E-state index is 11.9. The third kappa shape index (κ3) is 4.02.